The Morgan fingerprint density at radius 2 is 1.89 bits per heavy atom. The molecule has 0 heterocycles. The molecular formula is C11H23NO6S. The first-order valence-corrected chi connectivity index (χ1v) is 7.27. The third kappa shape index (κ3) is 17.0. The highest BCUT2D eigenvalue weighted by molar-refractivity contribution is 7.80. The highest BCUT2D eigenvalue weighted by Crippen LogP contribution is 1.88. The average Bonchev–Trinajstić information content (AvgIpc) is 2.38. The molecule has 0 aromatic rings. The summed E-state index contributed by atoms with van der Waals surface area (Å²) in [5, 5.41) is 2.22. The van der Waals surface area contributed by atoms with Crippen LogP contribution in [0.2, 0.25) is 0 Å². The van der Waals surface area contributed by atoms with Crippen molar-refractivity contribution >= 4 is 16.4 Å². The first-order chi connectivity index (χ1) is 8.80. The van der Waals surface area contributed by atoms with E-state index >= 15 is 0 Å². The molecule has 0 bridgehead atoms. The van der Waals surface area contributed by atoms with Crippen molar-refractivity contribution in [1.29, 1.82) is 0 Å². The van der Waals surface area contributed by atoms with Crippen molar-refractivity contribution in [1.82, 2.24) is 0 Å². The van der Waals surface area contributed by atoms with Gasteiger partial charge in [0, 0.05) is 6.08 Å². The molecule has 0 spiro atoms. The van der Waals surface area contributed by atoms with Gasteiger partial charge < -0.3 is 14.6 Å². The Balaban J connectivity index is 0. The van der Waals surface area contributed by atoms with Crippen molar-refractivity contribution in [3.05, 3.63) is 12.7 Å². The van der Waals surface area contributed by atoms with Gasteiger partial charge in [-0.05, 0) is 12.8 Å². The maximum atomic E-state index is 10.6. The van der Waals surface area contributed by atoms with Crippen molar-refractivity contribution in [2.24, 2.45) is 0 Å². The number of ether oxygens (including phenoxy) is 1. The first-order valence-electron chi connectivity index (χ1n) is 5.94. The lowest BCUT2D eigenvalue weighted by atomic mass is 10.2. The molecule has 0 aliphatic carbocycles. The molecule has 2 N–H and O–H groups in total. The second kappa shape index (κ2) is 12.1. The summed E-state index contributed by atoms with van der Waals surface area (Å²) in [4.78, 5) is 10.6. The molecule has 0 radical (unpaired) electrons. The van der Waals surface area contributed by atoms with Crippen LogP contribution in [-0.4, -0.2) is 45.2 Å². The smallest absolute Gasteiger partial charge is 0.330 e. The van der Waals surface area contributed by atoms with Crippen molar-refractivity contribution in [3.8, 4) is 0 Å². The zero-order chi connectivity index (χ0) is 15.3. The Labute approximate surface area is 114 Å². The molecule has 0 aliphatic heterocycles. The van der Waals surface area contributed by atoms with Crippen LogP contribution in [0.4, 0.5) is 0 Å². The quantitative estimate of drug-likeness (QED) is 0.214. The number of carbonyl (C=O) groups is 1. The minimum absolute atomic E-state index is 0.335. The van der Waals surface area contributed by atoms with Gasteiger partial charge >= 0.3 is 5.97 Å². The minimum atomic E-state index is -4.41. The Morgan fingerprint density at radius 3 is 2.21 bits per heavy atom. The molecule has 19 heavy (non-hydrogen) atoms. The predicted octanol–water partition coefficient (Wildman–Crippen LogP) is -0.439. The second-order valence-corrected chi connectivity index (χ2v) is 4.70. The van der Waals surface area contributed by atoms with Gasteiger partial charge in [0.25, 0.3) is 0 Å². The van der Waals surface area contributed by atoms with E-state index in [0.717, 1.165) is 26.5 Å². The largest absolute Gasteiger partial charge is 0.726 e. The fraction of sp³-hybridized carbons (Fsp3) is 0.727. The summed E-state index contributed by atoms with van der Waals surface area (Å²) in [6, 6.07) is 0.655. The lowest BCUT2D eigenvalue weighted by Crippen LogP contribution is -2.90. The number of hydrogen-bond donors (Lipinski definition) is 1. The number of carbonyl (C=O) groups excluding carboxylic acids is 1. The zero-order valence-corrected chi connectivity index (χ0v) is 12.4. The highest BCUT2D eigenvalue weighted by Gasteiger charge is 2.05. The van der Waals surface area contributed by atoms with E-state index in [9.17, 15) is 17.8 Å². The topological polar surface area (TPSA) is 109 Å². The molecule has 0 atom stereocenters. The van der Waals surface area contributed by atoms with Crippen molar-refractivity contribution in [2.45, 2.75) is 32.7 Å². The number of quaternary nitrogens is 1. The SMILES string of the molecule is C=CC(=O)OCC[NH2+]C(CC)CC.COS(=O)(=O)[O-]. The minimum Gasteiger partial charge on any atom is -0.726 e. The van der Waals surface area contributed by atoms with Gasteiger partial charge in [0.1, 0.15) is 13.2 Å². The van der Waals surface area contributed by atoms with E-state index in [1.165, 1.54) is 6.08 Å². The molecule has 0 aromatic heterocycles. The Kier molecular flexibility index (Phi) is 13.0. The summed E-state index contributed by atoms with van der Waals surface area (Å²) < 4.78 is 35.9. The van der Waals surface area contributed by atoms with Gasteiger partial charge in [0.2, 0.25) is 10.4 Å². The fourth-order valence-electron chi connectivity index (χ4n) is 1.14. The van der Waals surface area contributed by atoms with Crippen molar-refractivity contribution in [3.63, 3.8) is 0 Å². The molecule has 0 saturated carbocycles. The van der Waals surface area contributed by atoms with Gasteiger partial charge in [-0.1, -0.05) is 20.4 Å². The molecule has 0 rings (SSSR count). The number of esters is 1. The van der Waals surface area contributed by atoms with Gasteiger partial charge in [-0.3, -0.25) is 4.18 Å². The van der Waals surface area contributed by atoms with Gasteiger partial charge in [-0.15, -0.1) is 0 Å². The molecule has 0 amide bonds. The normalized spacial score (nSPS) is 10.6. The molecule has 0 aromatic carbocycles. The van der Waals surface area contributed by atoms with E-state index in [1.54, 1.807) is 0 Å². The summed E-state index contributed by atoms with van der Waals surface area (Å²) in [5.41, 5.74) is 0. The Bertz CT molecular complexity index is 337. The maximum Gasteiger partial charge on any atom is 0.330 e. The van der Waals surface area contributed by atoms with E-state index in [1.807, 2.05) is 0 Å². The molecule has 0 fully saturated rings. The zero-order valence-electron chi connectivity index (χ0n) is 11.6. The van der Waals surface area contributed by atoms with Crippen molar-refractivity contribution in [2.75, 3.05) is 20.3 Å². The summed E-state index contributed by atoms with van der Waals surface area (Å²) >= 11 is 0. The second-order valence-electron chi connectivity index (χ2n) is 3.55. The van der Waals surface area contributed by atoms with Gasteiger partial charge in [-0.2, -0.15) is 0 Å². The molecule has 114 valence electrons. The summed E-state index contributed by atoms with van der Waals surface area (Å²) in [6.45, 7) is 8.97. The van der Waals surface area contributed by atoms with Crippen LogP contribution in [0.25, 0.3) is 0 Å². The van der Waals surface area contributed by atoms with Crippen LogP contribution in [0, 0.1) is 0 Å². The van der Waals surface area contributed by atoms with Crippen LogP contribution in [0.3, 0.4) is 0 Å². The monoisotopic (exact) mass is 297 g/mol. The lowest BCUT2D eigenvalue weighted by Gasteiger charge is -2.10. The molecule has 0 unspecified atom stereocenters. The van der Waals surface area contributed by atoms with Crippen LogP contribution in [0.15, 0.2) is 12.7 Å². The van der Waals surface area contributed by atoms with Gasteiger partial charge in [-0.25, -0.2) is 13.2 Å². The van der Waals surface area contributed by atoms with Crippen LogP contribution < -0.4 is 5.32 Å². The maximum absolute atomic E-state index is 10.6. The Morgan fingerprint density at radius 1 is 1.42 bits per heavy atom. The highest BCUT2D eigenvalue weighted by atomic mass is 32.3. The third-order valence-electron chi connectivity index (χ3n) is 2.28. The molecule has 0 aliphatic rings. The molecule has 8 heteroatoms. The number of rotatable bonds is 8. The van der Waals surface area contributed by atoms with E-state index in [2.05, 4.69) is 29.9 Å². The molecule has 0 saturated heterocycles. The summed E-state index contributed by atoms with van der Waals surface area (Å²) in [6.07, 6.45) is 3.51. The van der Waals surface area contributed by atoms with Crippen LogP contribution >= 0.6 is 0 Å². The van der Waals surface area contributed by atoms with Gasteiger partial charge in [0.15, 0.2) is 0 Å². The summed E-state index contributed by atoms with van der Waals surface area (Å²) in [7, 11) is -3.60. The fourth-order valence-corrected chi connectivity index (χ4v) is 1.14. The number of hydrogen-bond acceptors (Lipinski definition) is 6. The third-order valence-corrected chi connectivity index (χ3v) is 2.69. The molecule has 7 nitrogen and oxygen atoms in total. The van der Waals surface area contributed by atoms with E-state index < -0.39 is 10.4 Å². The standard InChI is InChI=1S/C10H19NO2.CH4O4S/c1-4-9(5-2)11-7-8-13-10(12)6-3;1-5-6(2,3)4/h6,9,11H,3-5,7-8H2,1-2H3;1H3,(H,2,3,4). The average molecular weight is 297 g/mol. The van der Waals surface area contributed by atoms with E-state index in [4.69, 9.17) is 4.74 Å². The van der Waals surface area contributed by atoms with E-state index in [-0.39, 0.29) is 5.97 Å². The van der Waals surface area contributed by atoms with Crippen LogP contribution in [0.5, 0.6) is 0 Å². The number of nitrogens with two attached hydrogens (primary N) is 1. The molecular weight excluding hydrogens is 274 g/mol. The van der Waals surface area contributed by atoms with Crippen molar-refractivity contribution < 1.29 is 32.0 Å². The predicted molar refractivity (Wildman–Crippen MR) is 69.0 cm³/mol. The summed E-state index contributed by atoms with van der Waals surface area (Å²) in [5.74, 6) is -0.335. The van der Waals surface area contributed by atoms with Crippen LogP contribution in [0.1, 0.15) is 26.7 Å². The first kappa shape index (κ1) is 20.4. The van der Waals surface area contributed by atoms with Gasteiger partial charge in [0.05, 0.1) is 13.2 Å². The van der Waals surface area contributed by atoms with E-state index in [0.29, 0.717) is 12.6 Å². The lowest BCUT2D eigenvalue weighted by molar-refractivity contribution is -0.690. The Hall–Kier alpha value is -0.960. The van der Waals surface area contributed by atoms with Crippen LogP contribution in [-0.2, 0) is 24.1 Å².